The summed E-state index contributed by atoms with van der Waals surface area (Å²) < 4.78 is 1.50. The number of nitrogens with zero attached hydrogens (tertiary/aromatic N) is 3. The fourth-order valence-corrected chi connectivity index (χ4v) is 3.02. The molecule has 3 amide bonds. The molecule has 0 saturated carbocycles. The molecule has 0 bridgehead atoms. The molecule has 2 aromatic rings. The first-order chi connectivity index (χ1) is 12.5. The minimum atomic E-state index is -0.497. The van der Waals surface area contributed by atoms with Gasteiger partial charge in [0.2, 0.25) is 11.8 Å². The van der Waals surface area contributed by atoms with E-state index < -0.39 is 11.8 Å². The molecule has 2 atom stereocenters. The molecule has 2 heterocycles. The summed E-state index contributed by atoms with van der Waals surface area (Å²) >= 11 is 0. The molecular formula is C18H21N5O3. The molecule has 26 heavy (non-hydrogen) atoms. The lowest BCUT2D eigenvalue weighted by Gasteiger charge is -2.25. The topological polar surface area (TPSA) is 96.3 Å². The minimum absolute atomic E-state index is 0.0694. The van der Waals surface area contributed by atoms with Crippen LogP contribution in [0.15, 0.2) is 42.7 Å². The zero-order valence-electron chi connectivity index (χ0n) is 14.7. The van der Waals surface area contributed by atoms with Gasteiger partial charge in [-0.3, -0.25) is 29.9 Å². The lowest BCUT2D eigenvalue weighted by Crippen LogP contribution is -2.45. The summed E-state index contributed by atoms with van der Waals surface area (Å²) in [6.07, 6.45) is 3.08. The van der Waals surface area contributed by atoms with Gasteiger partial charge in [-0.05, 0) is 12.5 Å². The van der Waals surface area contributed by atoms with Gasteiger partial charge in [-0.2, -0.15) is 5.10 Å². The van der Waals surface area contributed by atoms with E-state index in [1.165, 1.54) is 10.9 Å². The van der Waals surface area contributed by atoms with Gasteiger partial charge in [0, 0.05) is 26.2 Å². The van der Waals surface area contributed by atoms with Crippen LogP contribution >= 0.6 is 0 Å². The lowest BCUT2D eigenvalue weighted by molar-refractivity contribution is -0.130. The second-order valence-corrected chi connectivity index (χ2v) is 6.38. The maximum atomic E-state index is 12.3. The number of aryl methyl sites for hydroxylation is 1. The predicted molar refractivity (Wildman–Crippen MR) is 93.5 cm³/mol. The first-order valence-electron chi connectivity index (χ1n) is 8.39. The molecule has 2 N–H and O–H groups in total. The highest BCUT2D eigenvalue weighted by Gasteiger charge is 2.37. The number of nitrogens with one attached hydrogen (secondary N) is 2. The van der Waals surface area contributed by atoms with Crippen LogP contribution in [0.2, 0.25) is 0 Å². The van der Waals surface area contributed by atoms with Crippen molar-refractivity contribution in [3.8, 4) is 0 Å². The zero-order valence-corrected chi connectivity index (χ0v) is 14.7. The third-order valence-corrected chi connectivity index (χ3v) is 4.55. The lowest BCUT2D eigenvalue weighted by atomic mass is 10.1. The van der Waals surface area contributed by atoms with Gasteiger partial charge in [0.15, 0.2) is 0 Å². The normalized spacial score (nSPS) is 17.8. The highest BCUT2D eigenvalue weighted by molar-refractivity contribution is 5.96. The largest absolute Gasteiger partial charge is 0.335 e. The Labute approximate surface area is 151 Å². The molecule has 3 rings (SSSR count). The molecule has 0 aliphatic carbocycles. The Hall–Kier alpha value is -3.16. The van der Waals surface area contributed by atoms with E-state index in [4.69, 9.17) is 0 Å². The quantitative estimate of drug-likeness (QED) is 0.793. The van der Waals surface area contributed by atoms with Crippen molar-refractivity contribution in [3.05, 3.63) is 53.9 Å². The van der Waals surface area contributed by atoms with Gasteiger partial charge >= 0.3 is 0 Å². The van der Waals surface area contributed by atoms with Crippen LogP contribution in [0.5, 0.6) is 0 Å². The van der Waals surface area contributed by atoms with Crippen molar-refractivity contribution < 1.29 is 14.4 Å². The van der Waals surface area contributed by atoms with E-state index in [9.17, 15) is 14.4 Å². The summed E-state index contributed by atoms with van der Waals surface area (Å²) in [6.45, 7) is 2.27. The SMILES string of the molecule is CC(c1ccccc1)N1CC(C(=O)NNC(=O)c2cnn(C)c2)CC1=O. The number of benzene rings is 1. The standard InChI is InChI=1S/C18H21N5O3/c1-12(13-6-4-3-5-7-13)23-11-14(8-16(23)24)17(25)20-21-18(26)15-9-19-22(2)10-15/h3-7,9-10,12,14H,8,11H2,1-2H3,(H,20,25)(H,21,26). The van der Waals surface area contributed by atoms with Crippen LogP contribution < -0.4 is 10.9 Å². The molecule has 0 radical (unpaired) electrons. The number of likely N-dealkylation sites (tertiary alicyclic amines) is 1. The molecular weight excluding hydrogens is 334 g/mol. The predicted octanol–water partition coefficient (Wildman–Crippen LogP) is 0.791. The van der Waals surface area contributed by atoms with Crippen LogP contribution in [-0.2, 0) is 16.6 Å². The Bertz CT molecular complexity index is 817. The van der Waals surface area contributed by atoms with E-state index in [-0.39, 0.29) is 24.3 Å². The van der Waals surface area contributed by atoms with E-state index in [1.54, 1.807) is 18.1 Å². The van der Waals surface area contributed by atoms with Crippen molar-refractivity contribution in [2.75, 3.05) is 6.54 Å². The summed E-state index contributed by atoms with van der Waals surface area (Å²) in [6, 6.07) is 9.57. The summed E-state index contributed by atoms with van der Waals surface area (Å²) in [5, 5.41) is 3.90. The third-order valence-electron chi connectivity index (χ3n) is 4.55. The number of amides is 3. The summed E-state index contributed by atoms with van der Waals surface area (Å²) in [7, 11) is 1.70. The van der Waals surface area contributed by atoms with Crippen LogP contribution in [0.4, 0.5) is 0 Å². The Morgan fingerprint density at radius 3 is 2.62 bits per heavy atom. The van der Waals surface area contributed by atoms with Crippen molar-refractivity contribution in [1.82, 2.24) is 25.5 Å². The van der Waals surface area contributed by atoms with Gasteiger partial charge < -0.3 is 4.90 Å². The molecule has 136 valence electrons. The van der Waals surface area contributed by atoms with E-state index >= 15 is 0 Å². The van der Waals surface area contributed by atoms with Gasteiger partial charge in [0.1, 0.15) is 0 Å². The van der Waals surface area contributed by atoms with Crippen molar-refractivity contribution in [2.24, 2.45) is 13.0 Å². The first-order valence-corrected chi connectivity index (χ1v) is 8.39. The molecule has 2 unspecified atom stereocenters. The van der Waals surface area contributed by atoms with Crippen molar-refractivity contribution in [1.29, 1.82) is 0 Å². The highest BCUT2D eigenvalue weighted by atomic mass is 16.2. The number of carbonyl (C=O) groups is 3. The summed E-state index contributed by atoms with van der Waals surface area (Å²) in [5.74, 6) is -1.40. The van der Waals surface area contributed by atoms with Gasteiger partial charge in [0.25, 0.3) is 5.91 Å². The van der Waals surface area contributed by atoms with Crippen molar-refractivity contribution >= 4 is 17.7 Å². The number of hydrazine groups is 1. The van der Waals surface area contributed by atoms with Gasteiger partial charge in [-0.1, -0.05) is 30.3 Å². The second-order valence-electron chi connectivity index (χ2n) is 6.38. The van der Waals surface area contributed by atoms with Crippen molar-refractivity contribution in [3.63, 3.8) is 0 Å². The average molecular weight is 355 g/mol. The molecule has 1 aromatic carbocycles. The second kappa shape index (κ2) is 7.38. The smallest absolute Gasteiger partial charge is 0.272 e. The molecule has 1 saturated heterocycles. The fourth-order valence-electron chi connectivity index (χ4n) is 3.02. The maximum Gasteiger partial charge on any atom is 0.272 e. The van der Waals surface area contributed by atoms with Crippen LogP contribution in [0, 0.1) is 5.92 Å². The third kappa shape index (κ3) is 3.74. The Kier molecular flexibility index (Phi) is 5.01. The molecule has 1 aliphatic rings. The number of aromatic nitrogens is 2. The zero-order chi connectivity index (χ0) is 18.7. The minimum Gasteiger partial charge on any atom is -0.335 e. The average Bonchev–Trinajstić information content (AvgIpc) is 3.25. The fraction of sp³-hybridized carbons (Fsp3) is 0.333. The summed E-state index contributed by atoms with van der Waals surface area (Å²) in [5.41, 5.74) is 6.12. The highest BCUT2D eigenvalue weighted by Crippen LogP contribution is 2.28. The summed E-state index contributed by atoms with van der Waals surface area (Å²) in [4.78, 5) is 38.3. The monoisotopic (exact) mass is 355 g/mol. The number of rotatable bonds is 4. The first kappa shape index (κ1) is 17.7. The molecule has 1 fully saturated rings. The van der Waals surface area contributed by atoms with Gasteiger partial charge in [0.05, 0.1) is 23.7 Å². The van der Waals surface area contributed by atoms with Gasteiger partial charge in [-0.25, -0.2) is 0 Å². The van der Waals surface area contributed by atoms with Crippen LogP contribution in [-0.4, -0.2) is 38.9 Å². The van der Waals surface area contributed by atoms with Crippen LogP contribution in [0.25, 0.3) is 0 Å². The Morgan fingerprint density at radius 1 is 1.23 bits per heavy atom. The van der Waals surface area contributed by atoms with E-state index in [2.05, 4.69) is 16.0 Å². The number of hydrogen-bond donors (Lipinski definition) is 2. The molecule has 8 nitrogen and oxygen atoms in total. The molecule has 8 heteroatoms. The van der Waals surface area contributed by atoms with E-state index in [1.807, 2.05) is 37.3 Å². The number of hydrogen-bond acceptors (Lipinski definition) is 4. The number of carbonyl (C=O) groups excluding carboxylic acids is 3. The van der Waals surface area contributed by atoms with E-state index in [0.717, 1.165) is 5.56 Å². The maximum absolute atomic E-state index is 12.3. The molecule has 1 aliphatic heterocycles. The van der Waals surface area contributed by atoms with E-state index in [0.29, 0.717) is 12.1 Å². The Morgan fingerprint density at radius 2 is 1.96 bits per heavy atom. The molecule has 1 aromatic heterocycles. The van der Waals surface area contributed by atoms with Gasteiger partial charge in [-0.15, -0.1) is 0 Å². The van der Waals surface area contributed by atoms with Crippen molar-refractivity contribution in [2.45, 2.75) is 19.4 Å². The van der Waals surface area contributed by atoms with Crippen LogP contribution in [0.3, 0.4) is 0 Å². The van der Waals surface area contributed by atoms with Crippen LogP contribution in [0.1, 0.15) is 35.3 Å². The molecule has 0 spiro atoms. The Balaban J connectivity index is 1.56.